The number of carbonyl (C=O) groups excluding carboxylic acids is 1. The topological polar surface area (TPSA) is 59.6 Å². The van der Waals surface area contributed by atoms with Crippen LogP contribution >= 0.6 is 11.8 Å². The van der Waals surface area contributed by atoms with E-state index in [0.29, 0.717) is 6.61 Å². The minimum atomic E-state index is -0.108. The van der Waals surface area contributed by atoms with E-state index in [1.807, 2.05) is 56.5 Å². The average molecular weight is 372 g/mol. The molecule has 1 heterocycles. The maximum Gasteiger partial charge on any atom is 0.243 e. The van der Waals surface area contributed by atoms with Crippen molar-refractivity contribution in [2.24, 2.45) is 0 Å². The van der Waals surface area contributed by atoms with Crippen LogP contribution in [0.4, 0.5) is 11.4 Å². The standard InChI is InChI=1S/C20H24N2O3S/c1-4-24-18-10-14-9-13(2)25-17(14)11-16(18)21-12-20(23)22-15-7-5-6-8-19(15)26-3/h5-8,10-11,13,21H,4,9,12H2,1-3H3,(H,22,23). The molecule has 0 spiro atoms. The molecular formula is C20H24N2O3S. The lowest BCUT2D eigenvalue weighted by Gasteiger charge is -2.15. The molecule has 0 aliphatic carbocycles. The number of amides is 1. The monoisotopic (exact) mass is 372 g/mol. The van der Waals surface area contributed by atoms with Crippen molar-refractivity contribution in [3.8, 4) is 11.5 Å². The second kappa shape index (κ2) is 8.36. The van der Waals surface area contributed by atoms with Gasteiger partial charge < -0.3 is 20.1 Å². The third-order valence-electron chi connectivity index (χ3n) is 4.12. The smallest absolute Gasteiger partial charge is 0.243 e. The maximum atomic E-state index is 12.4. The highest BCUT2D eigenvalue weighted by atomic mass is 32.2. The Morgan fingerprint density at radius 1 is 1.31 bits per heavy atom. The second-order valence-electron chi connectivity index (χ2n) is 6.12. The molecule has 2 aromatic rings. The fraction of sp³-hybridized carbons (Fsp3) is 0.350. The lowest BCUT2D eigenvalue weighted by molar-refractivity contribution is -0.114. The van der Waals surface area contributed by atoms with Gasteiger partial charge in [-0.25, -0.2) is 0 Å². The van der Waals surface area contributed by atoms with Crippen LogP contribution in [-0.2, 0) is 11.2 Å². The fourth-order valence-electron chi connectivity index (χ4n) is 2.97. The van der Waals surface area contributed by atoms with E-state index in [9.17, 15) is 4.79 Å². The molecule has 2 N–H and O–H groups in total. The lowest BCUT2D eigenvalue weighted by Crippen LogP contribution is -2.22. The summed E-state index contributed by atoms with van der Waals surface area (Å²) in [5, 5.41) is 6.12. The van der Waals surface area contributed by atoms with Crippen molar-refractivity contribution < 1.29 is 14.3 Å². The van der Waals surface area contributed by atoms with E-state index in [1.54, 1.807) is 11.8 Å². The van der Waals surface area contributed by atoms with Crippen LogP contribution in [0.1, 0.15) is 19.4 Å². The van der Waals surface area contributed by atoms with Crippen LogP contribution in [0.15, 0.2) is 41.3 Å². The number of anilines is 2. The van der Waals surface area contributed by atoms with Crippen molar-refractivity contribution in [1.82, 2.24) is 0 Å². The molecule has 5 nitrogen and oxygen atoms in total. The minimum absolute atomic E-state index is 0.108. The number of rotatable bonds is 7. The van der Waals surface area contributed by atoms with Crippen LogP contribution in [0.3, 0.4) is 0 Å². The van der Waals surface area contributed by atoms with E-state index in [-0.39, 0.29) is 18.6 Å². The Morgan fingerprint density at radius 2 is 2.12 bits per heavy atom. The first-order valence-corrected chi connectivity index (χ1v) is 9.96. The number of nitrogens with one attached hydrogen (secondary N) is 2. The van der Waals surface area contributed by atoms with E-state index in [4.69, 9.17) is 9.47 Å². The summed E-state index contributed by atoms with van der Waals surface area (Å²) in [6, 6.07) is 11.7. The molecule has 0 fully saturated rings. The number of hydrogen-bond donors (Lipinski definition) is 2. The Balaban J connectivity index is 1.69. The summed E-state index contributed by atoms with van der Waals surface area (Å²) < 4.78 is 11.5. The van der Waals surface area contributed by atoms with Gasteiger partial charge >= 0.3 is 0 Å². The maximum absolute atomic E-state index is 12.4. The van der Waals surface area contributed by atoms with Gasteiger partial charge in [0.05, 0.1) is 24.5 Å². The first-order chi connectivity index (χ1) is 12.6. The highest BCUT2D eigenvalue weighted by Crippen LogP contribution is 2.38. The zero-order valence-corrected chi connectivity index (χ0v) is 16.1. The van der Waals surface area contributed by atoms with E-state index >= 15 is 0 Å². The second-order valence-corrected chi connectivity index (χ2v) is 6.97. The number of benzene rings is 2. The van der Waals surface area contributed by atoms with Gasteiger partial charge in [0.15, 0.2) is 0 Å². The molecule has 1 aliphatic heterocycles. The first kappa shape index (κ1) is 18.5. The van der Waals surface area contributed by atoms with Gasteiger partial charge in [0.1, 0.15) is 17.6 Å². The zero-order valence-electron chi connectivity index (χ0n) is 15.3. The molecule has 0 aromatic heterocycles. The van der Waals surface area contributed by atoms with Gasteiger partial charge in [0.25, 0.3) is 0 Å². The molecule has 138 valence electrons. The molecule has 0 saturated carbocycles. The van der Waals surface area contributed by atoms with Gasteiger partial charge in [-0.15, -0.1) is 11.8 Å². The minimum Gasteiger partial charge on any atom is -0.492 e. The molecule has 3 rings (SSSR count). The van der Waals surface area contributed by atoms with Crippen LogP contribution in [0, 0.1) is 0 Å². The summed E-state index contributed by atoms with van der Waals surface area (Å²) in [4.78, 5) is 13.4. The summed E-state index contributed by atoms with van der Waals surface area (Å²) in [6.45, 7) is 4.71. The summed E-state index contributed by atoms with van der Waals surface area (Å²) in [7, 11) is 0. The molecule has 6 heteroatoms. The Labute approximate surface area is 158 Å². The molecule has 0 saturated heterocycles. The molecule has 0 bridgehead atoms. The lowest BCUT2D eigenvalue weighted by atomic mass is 10.1. The number of fused-ring (bicyclic) bond motifs is 1. The predicted molar refractivity (Wildman–Crippen MR) is 107 cm³/mol. The van der Waals surface area contributed by atoms with Crippen molar-refractivity contribution in [1.29, 1.82) is 0 Å². The van der Waals surface area contributed by atoms with Crippen LogP contribution in [0.25, 0.3) is 0 Å². The fourth-order valence-corrected chi connectivity index (χ4v) is 3.52. The summed E-state index contributed by atoms with van der Waals surface area (Å²) >= 11 is 1.60. The zero-order chi connectivity index (χ0) is 18.5. The molecule has 0 radical (unpaired) electrons. The highest BCUT2D eigenvalue weighted by molar-refractivity contribution is 7.98. The van der Waals surface area contributed by atoms with E-state index in [2.05, 4.69) is 10.6 Å². The van der Waals surface area contributed by atoms with Gasteiger partial charge in [-0.2, -0.15) is 0 Å². The molecule has 1 aliphatic rings. The number of para-hydroxylation sites is 1. The molecule has 1 amide bonds. The van der Waals surface area contributed by atoms with Crippen LogP contribution in [-0.4, -0.2) is 31.4 Å². The van der Waals surface area contributed by atoms with Gasteiger partial charge in [0.2, 0.25) is 5.91 Å². The van der Waals surface area contributed by atoms with Crippen molar-refractivity contribution in [2.75, 3.05) is 30.0 Å². The van der Waals surface area contributed by atoms with Gasteiger partial charge in [-0.05, 0) is 38.3 Å². The van der Waals surface area contributed by atoms with Crippen LogP contribution < -0.4 is 20.1 Å². The SMILES string of the molecule is CCOc1cc2c(cc1NCC(=O)Nc1ccccc1SC)OC(C)C2. The van der Waals surface area contributed by atoms with Gasteiger partial charge in [-0.1, -0.05) is 12.1 Å². The van der Waals surface area contributed by atoms with Crippen molar-refractivity contribution in [2.45, 2.75) is 31.3 Å². The third-order valence-corrected chi connectivity index (χ3v) is 4.91. The summed E-state index contributed by atoms with van der Waals surface area (Å²) in [5.41, 5.74) is 2.74. The Morgan fingerprint density at radius 3 is 2.88 bits per heavy atom. The Kier molecular flexibility index (Phi) is 5.93. The number of hydrogen-bond acceptors (Lipinski definition) is 5. The van der Waals surface area contributed by atoms with E-state index < -0.39 is 0 Å². The number of carbonyl (C=O) groups is 1. The van der Waals surface area contributed by atoms with E-state index in [1.165, 1.54) is 0 Å². The van der Waals surface area contributed by atoms with Crippen LogP contribution in [0.5, 0.6) is 11.5 Å². The normalized spacial score (nSPS) is 15.1. The number of thioether (sulfide) groups is 1. The predicted octanol–water partition coefficient (Wildman–Crippen LogP) is 4.18. The van der Waals surface area contributed by atoms with E-state index in [0.717, 1.165) is 39.8 Å². The first-order valence-electron chi connectivity index (χ1n) is 8.73. The largest absolute Gasteiger partial charge is 0.492 e. The molecule has 2 aromatic carbocycles. The van der Waals surface area contributed by atoms with Crippen molar-refractivity contribution in [3.05, 3.63) is 42.0 Å². The molecule has 1 atom stereocenters. The van der Waals surface area contributed by atoms with Gasteiger partial charge in [0, 0.05) is 22.9 Å². The van der Waals surface area contributed by atoms with Gasteiger partial charge in [-0.3, -0.25) is 4.79 Å². The third kappa shape index (κ3) is 4.25. The van der Waals surface area contributed by atoms with Crippen molar-refractivity contribution >= 4 is 29.0 Å². The Bertz CT molecular complexity index is 795. The Hall–Kier alpha value is -2.34. The average Bonchev–Trinajstić information content (AvgIpc) is 2.99. The highest BCUT2D eigenvalue weighted by Gasteiger charge is 2.22. The quantitative estimate of drug-likeness (QED) is 0.714. The van der Waals surface area contributed by atoms with Crippen LogP contribution in [0.2, 0.25) is 0 Å². The number of ether oxygens (including phenoxy) is 2. The molecule has 26 heavy (non-hydrogen) atoms. The summed E-state index contributed by atoms with van der Waals surface area (Å²) in [6.07, 6.45) is 3.03. The molecular weight excluding hydrogens is 348 g/mol. The van der Waals surface area contributed by atoms with Crippen molar-refractivity contribution in [3.63, 3.8) is 0 Å². The summed E-state index contributed by atoms with van der Waals surface area (Å²) in [5.74, 6) is 1.50. The molecule has 1 unspecified atom stereocenters.